The number of ether oxygens (including phenoxy) is 1. The van der Waals surface area contributed by atoms with E-state index >= 15 is 0 Å². The minimum atomic E-state index is -0.231. The van der Waals surface area contributed by atoms with Crippen molar-refractivity contribution < 1.29 is 4.74 Å². The molecule has 0 aromatic rings. The van der Waals surface area contributed by atoms with Crippen LogP contribution in [0.3, 0.4) is 0 Å². The van der Waals surface area contributed by atoms with E-state index in [0.29, 0.717) is 0 Å². The fourth-order valence-electron chi connectivity index (χ4n) is 0.411. The number of hydrogen-bond acceptors (Lipinski definition) is 2. The lowest BCUT2D eigenvalue weighted by Gasteiger charge is -2.23. The lowest BCUT2D eigenvalue weighted by molar-refractivity contribution is 0.0917. The zero-order chi connectivity index (χ0) is 8.20. The zero-order valence-corrected chi connectivity index (χ0v) is 6.90. The Hall–Kier alpha value is -0.790. The first-order chi connectivity index (χ1) is 4.52. The molecule has 0 bridgehead atoms. The van der Waals surface area contributed by atoms with Gasteiger partial charge in [0.15, 0.2) is 0 Å². The van der Waals surface area contributed by atoms with Gasteiger partial charge in [-0.25, -0.2) is 0 Å². The highest BCUT2D eigenvalue weighted by Crippen LogP contribution is 2.13. The molecule has 0 radical (unpaired) electrons. The van der Waals surface area contributed by atoms with Crippen LogP contribution in [0.4, 0.5) is 0 Å². The molecular weight excluding hydrogens is 126 g/mol. The van der Waals surface area contributed by atoms with Crippen LogP contribution in [-0.4, -0.2) is 11.5 Å². The average molecular weight is 141 g/mol. The smallest absolute Gasteiger partial charge is 0.205 e. The molecule has 2 nitrogen and oxygen atoms in total. The summed E-state index contributed by atoms with van der Waals surface area (Å²) in [6.07, 6.45) is 2.29. The molecule has 0 spiro atoms. The lowest BCUT2D eigenvalue weighted by Crippen LogP contribution is -2.25. The SMILES string of the molecule is C=CC(=N)OC(C)(C)CC. The van der Waals surface area contributed by atoms with Crippen molar-refractivity contribution in [2.75, 3.05) is 0 Å². The third-order valence-corrected chi connectivity index (χ3v) is 1.42. The second kappa shape index (κ2) is 3.40. The maximum Gasteiger partial charge on any atom is 0.205 e. The maximum atomic E-state index is 7.16. The summed E-state index contributed by atoms with van der Waals surface area (Å²) < 4.78 is 5.20. The standard InChI is InChI=1S/C8H15NO/c1-5-7(9)10-8(3,4)6-2/h5,9H,1,6H2,2-4H3. The summed E-state index contributed by atoms with van der Waals surface area (Å²) in [6.45, 7) is 9.35. The van der Waals surface area contributed by atoms with Gasteiger partial charge in [-0.15, -0.1) is 0 Å². The summed E-state index contributed by atoms with van der Waals surface area (Å²) >= 11 is 0. The van der Waals surface area contributed by atoms with Crippen LogP contribution in [0.1, 0.15) is 27.2 Å². The Morgan fingerprint density at radius 1 is 1.70 bits per heavy atom. The molecule has 0 amide bonds. The summed E-state index contributed by atoms with van der Waals surface area (Å²) in [7, 11) is 0. The van der Waals surface area contributed by atoms with Crippen molar-refractivity contribution in [3.05, 3.63) is 12.7 Å². The van der Waals surface area contributed by atoms with Crippen LogP contribution >= 0.6 is 0 Å². The van der Waals surface area contributed by atoms with Crippen molar-refractivity contribution in [1.82, 2.24) is 0 Å². The van der Waals surface area contributed by atoms with Gasteiger partial charge in [-0.3, -0.25) is 5.41 Å². The molecule has 0 rings (SSSR count). The van der Waals surface area contributed by atoms with E-state index in [2.05, 4.69) is 6.58 Å². The van der Waals surface area contributed by atoms with Gasteiger partial charge in [-0.05, 0) is 26.3 Å². The van der Waals surface area contributed by atoms with E-state index in [-0.39, 0.29) is 11.5 Å². The molecule has 58 valence electrons. The molecule has 2 heteroatoms. The second-order valence-corrected chi connectivity index (χ2v) is 2.78. The Balaban J connectivity index is 3.87. The van der Waals surface area contributed by atoms with Gasteiger partial charge in [-0.1, -0.05) is 13.5 Å². The van der Waals surface area contributed by atoms with Crippen LogP contribution in [0.15, 0.2) is 12.7 Å². The molecule has 0 atom stereocenters. The minimum Gasteiger partial charge on any atom is -0.472 e. The topological polar surface area (TPSA) is 33.1 Å². The first-order valence-corrected chi connectivity index (χ1v) is 3.42. The fourth-order valence-corrected chi connectivity index (χ4v) is 0.411. The van der Waals surface area contributed by atoms with Crippen LogP contribution in [0.25, 0.3) is 0 Å². The van der Waals surface area contributed by atoms with Gasteiger partial charge in [0.25, 0.3) is 0 Å². The molecular formula is C8H15NO. The van der Waals surface area contributed by atoms with Crippen molar-refractivity contribution in [2.24, 2.45) is 0 Å². The van der Waals surface area contributed by atoms with Crippen molar-refractivity contribution >= 4 is 5.90 Å². The number of rotatable bonds is 3. The summed E-state index contributed by atoms with van der Waals surface area (Å²) in [6, 6.07) is 0. The van der Waals surface area contributed by atoms with Crippen LogP contribution in [0.5, 0.6) is 0 Å². The summed E-state index contributed by atoms with van der Waals surface area (Å²) in [5.74, 6) is 0.145. The normalized spacial score (nSPS) is 10.7. The Morgan fingerprint density at radius 2 is 2.20 bits per heavy atom. The van der Waals surface area contributed by atoms with E-state index in [1.54, 1.807) is 0 Å². The Kier molecular flexibility index (Phi) is 3.13. The first-order valence-electron chi connectivity index (χ1n) is 3.42. The monoisotopic (exact) mass is 141 g/mol. The summed E-state index contributed by atoms with van der Waals surface area (Å²) in [5, 5.41) is 7.16. The molecule has 0 aliphatic heterocycles. The minimum absolute atomic E-state index is 0.145. The number of nitrogens with one attached hydrogen (secondary N) is 1. The van der Waals surface area contributed by atoms with Gasteiger partial charge >= 0.3 is 0 Å². The Bertz CT molecular complexity index is 138. The molecule has 0 aromatic heterocycles. The van der Waals surface area contributed by atoms with Crippen molar-refractivity contribution in [1.29, 1.82) is 5.41 Å². The predicted octanol–water partition coefficient (Wildman–Crippen LogP) is 2.35. The molecule has 0 heterocycles. The first kappa shape index (κ1) is 9.21. The zero-order valence-electron chi connectivity index (χ0n) is 6.90. The summed E-state index contributed by atoms with van der Waals surface area (Å²) in [5.41, 5.74) is -0.231. The Morgan fingerprint density at radius 3 is 2.50 bits per heavy atom. The summed E-state index contributed by atoms with van der Waals surface area (Å²) in [4.78, 5) is 0. The maximum absolute atomic E-state index is 7.16. The average Bonchev–Trinajstić information content (AvgIpc) is 1.87. The molecule has 0 aliphatic rings. The molecule has 0 saturated carbocycles. The van der Waals surface area contributed by atoms with E-state index in [1.807, 2.05) is 20.8 Å². The number of hydrogen-bond donors (Lipinski definition) is 1. The van der Waals surface area contributed by atoms with Crippen LogP contribution in [0.2, 0.25) is 0 Å². The lowest BCUT2D eigenvalue weighted by atomic mass is 10.1. The molecule has 0 saturated heterocycles. The molecule has 0 aliphatic carbocycles. The largest absolute Gasteiger partial charge is 0.472 e. The van der Waals surface area contributed by atoms with Gasteiger partial charge in [0, 0.05) is 0 Å². The van der Waals surface area contributed by atoms with E-state index in [9.17, 15) is 0 Å². The molecule has 0 fully saturated rings. The van der Waals surface area contributed by atoms with Gasteiger partial charge in [0.05, 0.1) is 0 Å². The van der Waals surface area contributed by atoms with Crippen LogP contribution in [-0.2, 0) is 4.74 Å². The van der Waals surface area contributed by atoms with E-state index in [1.165, 1.54) is 6.08 Å². The van der Waals surface area contributed by atoms with E-state index in [0.717, 1.165) is 6.42 Å². The highest BCUT2D eigenvalue weighted by atomic mass is 16.5. The van der Waals surface area contributed by atoms with E-state index in [4.69, 9.17) is 10.1 Å². The van der Waals surface area contributed by atoms with Crippen molar-refractivity contribution in [3.8, 4) is 0 Å². The molecule has 1 N–H and O–H groups in total. The van der Waals surface area contributed by atoms with Crippen molar-refractivity contribution in [2.45, 2.75) is 32.8 Å². The highest BCUT2D eigenvalue weighted by Gasteiger charge is 2.16. The quantitative estimate of drug-likeness (QED) is 0.475. The van der Waals surface area contributed by atoms with Gasteiger partial charge in [0.1, 0.15) is 5.60 Å². The fraction of sp³-hybridized carbons (Fsp3) is 0.625. The van der Waals surface area contributed by atoms with Crippen LogP contribution in [0, 0.1) is 5.41 Å². The predicted molar refractivity (Wildman–Crippen MR) is 43.4 cm³/mol. The molecule has 0 unspecified atom stereocenters. The third kappa shape index (κ3) is 3.28. The second-order valence-electron chi connectivity index (χ2n) is 2.78. The van der Waals surface area contributed by atoms with Gasteiger partial charge in [-0.2, -0.15) is 0 Å². The van der Waals surface area contributed by atoms with Gasteiger partial charge in [0.2, 0.25) is 5.90 Å². The van der Waals surface area contributed by atoms with E-state index < -0.39 is 0 Å². The highest BCUT2D eigenvalue weighted by molar-refractivity contribution is 5.84. The van der Waals surface area contributed by atoms with Gasteiger partial charge < -0.3 is 4.74 Å². The Labute approximate surface area is 62.4 Å². The molecule has 10 heavy (non-hydrogen) atoms. The third-order valence-electron chi connectivity index (χ3n) is 1.42. The van der Waals surface area contributed by atoms with Crippen molar-refractivity contribution in [3.63, 3.8) is 0 Å². The molecule has 0 aromatic carbocycles. The van der Waals surface area contributed by atoms with Crippen LogP contribution < -0.4 is 0 Å².